The SMILES string of the molecule is CC(C[C@H](Cc1ccc(O[Si](C)(C)C(C)(C)C)c(N)c1)NC(=O)OC(C)(C)C)C(=O)OC(C)(C)C. The minimum absolute atomic E-state index is 0.0539. The van der Waals surface area contributed by atoms with Crippen LogP contribution in [-0.2, 0) is 20.7 Å². The largest absolute Gasteiger partial charge is 0.542 e. The normalized spacial score (nSPS) is 14.6. The third-order valence-corrected chi connectivity index (χ3v) is 10.2. The van der Waals surface area contributed by atoms with Crippen LogP contribution in [0.4, 0.5) is 10.5 Å². The molecule has 3 N–H and O–H groups in total. The second-order valence-electron chi connectivity index (χ2n) is 13.0. The van der Waals surface area contributed by atoms with Crippen LogP contribution in [0.3, 0.4) is 0 Å². The van der Waals surface area contributed by atoms with Gasteiger partial charge in [-0.25, -0.2) is 4.79 Å². The highest BCUT2D eigenvalue weighted by atomic mass is 28.4. The number of amides is 1. The molecule has 1 amide bonds. The summed E-state index contributed by atoms with van der Waals surface area (Å²) in [5, 5.41) is 2.98. The molecule has 0 aromatic heterocycles. The molecular formula is C27H48N2O5Si. The van der Waals surface area contributed by atoms with Gasteiger partial charge in [-0.2, -0.15) is 0 Å². The molecule has 2 atom stereocenters. The number of alkyl carbamates (subject to hydrolysis) is 1. The Balaban J connectivity index is 3.08. The van der Waals surface area contributed by atoms with Gasteiger partial charge in [-0.1, -0.05) is 33.8 Å². The molecule has 0 fully saturated rings. The summed E-state index contributed by atoms with van der Waals surface area (Å²) in [7, 11) is -2.03. The first-order chi connectivity index (χ1) is 15.6. The van der Waals surface area contributed by atoms with Crippen LogP contribution in [-0.4, -0.2) is 37.6 Å². The summed E-state index contributed by atoms with van der Waals surface area (Å²) in [5.74, 6) is -0.0297. The molecular weight excluding hydrogens is 460 g/mol. The lowest BCUT2D eigenvalue weighted by Crippen LogP contribution is -2.44. The van der Waals surface area contributed by atoms with Crippen molar-refractivity contribution in [2.75, 3.05) is 5.73 Å². The van der Waals surface area contributed by atoms with E-state index in [2.05, 4.69) is 39.2 Å². The van der Waals surface area contributed by atoms with Crippen LogP contribution in [0, 0.1) is 5.92 Å². The number of benzene rings is 1. The maximum atomic E-state index is 12.6. The van der Waals surface area contributed by atoms with Crippen molar-refractivity contribution in [3.63, 3.8) is 0 Å². The first-order valence-electron chi connectivity index (χ1n) is 12.4. The van der Waals surface area contributed by atoms with Crippen molar-refractivity contribution in [1.29, 1.82) is 0 Å². The molecule has 1 rings (SSSR count). The number of nitrogen functional groups attached to an aromatic ring is 1. The van der Waals surface area contributed by atoms with Gasteiger partial charge in [0.1, 0.15) is 17.0 Å². The first-order valence-corrected chi connectivity index (χ1v) is 15.3. The van der Waals surface area contributed by atoms with E-state index in [1.54, 1.807) is 0 Å². The van der Waals surface area contributed by atoms with Crippen molar-refractivity contribution in [2.24, 2.45) is 5.92 Å². The third-order valence-electron chi connectivity index (χ3n) is 5.90. The summed E-state index contributed by atoms with van der Waals surface area (Å²) < 4.78 is 17.4. The van der Waals surface area contributed by atoms with Gasteiger partial charge in [0, 0.05) is 6.04 Å². The highest BCUT2D eigenvalue weighted by Gasteiger charge is 2.39. The third kappa shape index (κ3) is 10.9. The Morgan fingerprint density at radius 2 is 1.51 bits per heavy atom. The van der Waals surface area contributed by atoms with Crippen molar-refractivity contribution >= 4 is 26.1 Å². The minimum atomic E-state index is -2.03. The van der Waals surface area contributed by atoms with Gasteiger partial charge in [0.05, 0.1) is 11.6 Å². The first kappa shape index (κ1) is 30.8. The fourth-order valence-electron chi connectivity index (χ4n) is 3.12. The van der Waals surface area contributed by atoms with Gasteiger partial charge in [-0.15, -0.1) is 0 Å². The van der Waals surface area contributed by atoms with Crippen LogP contribution in [0.15, 0.2) is 18.2 Å². The van der Waals surface area contributed by atoms with Crippen LogP contribution in [0.1, 0.15) is 81.2 Å². The number of esters is 1. The zero-order valence-corrected chi connectivity index (χ0v) is 24.9. The second kappa shape index (κ2) is 11.2. The number of hydrogen-bond acceptors (Lipinski definition) is 6. The predicted molar refractivity (Wildman–Crippen MR) is 145 cm³/mol. The second-order valence-corrected chi connectivity index (χ2v) is 17.7. The Hall–Kier alpha value is -2.22. The Morgan fingerprint density at radius 1 is 0.971 bits per heavy atom. The molecule has 0 bridgehead atoms. The minimum Gasteiger partial charge on any atom is -0.542 e. The van der Waals surface area contributed by atoms with Crippen LogP contribution in [0.25, 0.3) is 0 Å². The van der Waals surface area contributed by atoms with Gasteiger partial charge in [0.2, 0.25) is 0 Å². The average molecular weight is 509 g/mol. The highest BCUT2D eigenvalue weighted by Crippen LogP contribution is 2.39. The summed E-state index contributed by atoms with van der Waals surface area (Å²) in [6.07, 6.45) is 0.359. The van der Waals surface area contributed by atoms with Crippen molar-refractivity contribution in [3.05, 3.63) is 23.8 Å². The Labute approximate surface area is 213 Å². The number of ether oxygens (including phenoxy) is 2. The smallest absolute Gasteiger partial charge is 0.407 e. The fraction of sp³-hybridized carbons (Fsp3) is 0.704. The maximum Gasteiger partial charge on any atom is 0.407 e. The van der Waals surface area contributed by atoms with Crippen LogP contribution < -0.4 is 15.5 Å². The number of carbonyl (C=O) groups is 2. The molecule has 1 unspecified atom stereocenters. The van der Waals surface area contributed by atoms with Crippen molar-refractivity contribution in [2.45, 2.75) is 117 Å². The van der Waals surface area contributed by atoms with E-state index in [4.69, 9.17) is 19.6 Å². The molecule has 7 nitrogen and oxygen atoms in total. The molecule has 0 radical (unpaired) electrons. The van der Waals surface area contributed by atoms with E-state index < -0.39 is 31.5 Å². The molecule has 0 saturated heterocycles. The van der Waals surface area contributed by atoms with Crippen molar-refractivity contribution in [1.82, 2.24) is 5.32 Å². The molecule has 8 heteroatoms. The van der Waals surface area contributed by atoms with E-state index in [0.29, 0.717) is 24.3 Å². The zero-order chi connectivity index (χ0) is 27.4. The summed E-state index contributed by atoms with van der Waals surface area (Å²) in [6.45, 7) is 23.7. The van der Waals surface area contributed by atoms with Gasteiger partial charge in [-0.3, -0.25) is 4.79 Å². The molecule has 0 aliphatic rings. The lowest BCUT2D eigenvalue weighted by Gasteiger charge is -2.36. The topological polar surface area (TPSA) is 99.9 Å². The number of rotatable bonds is 8. The highest BCUT2D eigenvalue weighted by molar-refractivity contribution is 6.74. The van der Waals surface area contributed by atoms with E-state index in [-0.39, 0.29) is 17.0 Å². The van der Waals surface area contributed by atoms with Crippen molar-refractivity contribution < 1.29 is 23.5 Å². The molecule has 0 aliphatic carbocycles. The Kier molecular flexibility index (Phi) is 9.88. The van der Waals surface area contributed by atoms with Crippen LogP contribution in [0.2, 0.25) is 18.1 Å². The van der Waals surface area contributed by atoms with Gasteiger partial charge in [-0.05, 0) is 90.2 Å². The summed E-state index contributed by atoms with van der Waals surface area (Å²) in [6, 6.07) is 5.39. The number of nitrogens with one attached hydrogen (secondary N) is 1. The molecule has 35 heavy (non-hydrogen) atoms. The van der Waals surface area contributed by atoms with E-state index in [0.717, 1.165) is 5.56 Å². The number of hydrogen-bond donors (Lipinski definition) is 2. The summed E-state index contributed by atoms with van der Waals surface area (Å²) in [4.78, 5) is 25.1. The van der Waals surface area contributed by atoms with Gasteiger partial charge >= 0.3 is 12.1 Å². The molecule has 1 aromatic rings. The van der Waals surface area contributed by atoms with E-state index in [1.165, 1.54) is 0 Å². The molecule has 1 aromatic carbocycles. The Morgan fingerprint density at radius 3 is 1.97 bits per heavy atom. The number of nitrogens with two attached hydrogens (primary N) is 1. The lowest BCUT2D eigenvalue weighted by molar-refractivity contribution is -0.159. The van der Waals surface area contributed by atoms with Crippen molar-refractivity contribution in [3.8, 4) is 5.75 Å². The average Bonchev–Trinajstić information content (AvgIpc) is 2.59. The number of anilines is 1. The van der Waals surface area contributed by atoms with Gasteiger partial charge < -0.3 is 25.0 Å². The quantitative estimate of drug-likeness (QED) is 0.238. The molecule has 0 aliphatic heterocycles. The summed E-state index contributed by atoms with van der Waals surface area (Å²) in [5.41, 5.74) is 6.65. The maximum absolute atomic E-state index is 12.6. The van der Waals surface area contributed by atoms with Crippen LogP contribution in [0.5, 0.6) is 5.75 Å². The van der Waals surface area contributed by atoms with Crippen LogP contribution >= 0.6 is 0 Å². The monoisotopic (exact) mass is 508 g/mol. The standard InChI is InChI=1S/C27H48N2O5Si/c1-18(23(30)32-25(2,3)4)15-20(29-24(31)33-26(5,6)7)16-19-13-14-22(21(28)17-19)34-35(11,12)27(8,9)10/h13-14,17-18,20H,15-16,28H2,1-12H3,(H,29,31)/t18?,20-/m1/s1. The van der Waals surface area contributed by atoms with Gasteiger partial charge in [0.15, 0.2) is 0 Å². The predicted octanol–water partition coefficient (Wildman–Crippen LogP) is 6.46. The zero-order valence-electron chi connectivity index (χ0n) is 23.9. The van der Waals surface area contributed by atoms with E-state index in [1.807, 2.05) is 66.7 Å². The van der Waals surface area contributed by atoms with E-state index in [9.17, 15) is 9.59 Å². The lowest BCUT2D eigenvalue weighted by atomic mass is 9.95. The van der Waals surface area contributed by atoms with E-state index >= 15 is 0 Å². The molecule has 0 spiro atoms. The molecule has 200 valence electrons. The summed E-state index contributed by atoms with van der Waals surface area (Å²) >= 11 is 0. The Bertz CT molecular complexity index is 879. The molecule has 0 saturated carbocycles. The van der Waals surface area contributed by atoms with Gasteiger partial charge in [0.25, 0.3) is 8.32 Å². The molecule has 0 heterocycles. The fourth-order valence-corrected chi connectivity index (χ4v) is 4.17. The number of carbonyl (C=O) groups excluding carboxylic acids is 2.